The van der Waals surface area contributed by atoms with Gasteiger partial charge in [-0.2, -0.15) is 4.31 Å². The van der Waals surface area contributed by atoms with Gasteiger partial charge in [0.15, 0.2) is 0 Å². The van der Waals surface area contributed by atoms with Crippen LogP contribution in [-0.4, -0.2) is 35.4 Å². The van der Waals surface area contributed by atoms with Gasteiger partial charge < -0.3 is 4.57 Å². The number of hydrogen-bond donors (Lipinski definition) is 0. The van der Waals surface area contributed by atoms with Crippen LogP contribution in [0.5, 0.6) is 0 Å². The van der Waals surface area contributed by atoms with E-state index < -0.39 is 10.0 Å². The lowest BCUT2D eigenvalue weighted by Gasteiger charge is -2.18. The Bertz CT molecular complexity index is 672. The maximum absolute atomic E-state index is 12.6. The summed E-state index contributed by atoms with van der Waals surface area (Å²) in [6, 6.07) is 7.49. The van der Waals surface area contributed by atoms with E-state index in [1.165, 1.54) is 4.31 Å². The summed E-state index contributed by atoms with van der Waals surface area (Å²) in [5.74, 6) is 0. The van der Waals surface area contributed by atoms with Crippen molar-refractivity contribution in [2.75, 3.05) is 13.1 Å². The Morgan fingerprint density at radius 3 is 2.37 bits per heavy atom. The number of aryl methyl sites for hydroxylation is 1. The predicted molar refractivity (Wildman–Crippen MR) is 75.5 cm³/mol. The first kappa shape index (κ1) is 14.0. The fourth-order valence-corrected chi connectivity index (χ4v) is 3.87. The van der Waals surface area contributed by atoms with Crippen molar-refractivity contribution in [3.05, 3.63) is 24.3 Å². The molecule has 0 aliphatic heterocycles. The summed E-state index contributed by atoms with van der Waals surface area (Å²) >= 11 is 0. The number of imidazole rings is 1. The minimum Gasteiger partial charge on any atom is -0.314 e. The van der Waals surface area contributed by atoms with Gasteiger partial charge in [-0.25, -0.2) is 13.4 Å². The lowest BCUT2D eigenvalue weighted by atomic mass is 10.3. The zero-order valence-corrected chi connectivity index (χ0v) is 12.3. The molecule has 104 valence electrons. The van der Waals surface area contributed by atoms with Gasteiger partial charge in [-0.1, -0.05) is 26.0 Å². The number of para-hydroxylation sites is 2. The average Bonchev–Trinajstić information content (AvgIpc) is 2.79. The van der Waals surface area contributed by atoms with Crippen LogP contribution in [0.3, 0.4) is 0 Å². The van der Waals surface area contributed by atoms with Crippen molar-refractivity contribution < 1.29 is 8.42 Å². The van der Waals surface area contributed by atoms with Crippen LogP contribution in [0.15, 0.2) is 29.4 Å². The maximum Gasteiger partial charge on any atom is 0.277 e. The number of rotatable bonds is 5. The van der Waals surface area contributed by atoms with E-state index in [0.717, 1.165) is 11.0 Å². The van der Waals surface area contributed by atoms with E-state index in [1.54, 1.807) is 4.57 Å². The molecule has 0 aliphatic rings. The Morgan fingerprint density at radius 1 is 1.16 bits per heavy atom. The quantitative estimate of drug-likeness (QED) is 0.843. The lowest BCUT2D eigenvalue weighted by molar-refractivity contribution is 0.435. The third kappa shape index (κ3) is 2.26. The standard InChI is InChI=1S/C13H19N3O2S/c1-4-15(5-2)19(17,18)13-14-11-9-7-8-10-12(11)16(13)6-3/h7-10H,4-6H2,1-3H3. The molecular weight excluding hydrogens is 262 g/mol. The average molecular weight is 281 g/mol. The zero-order valence-electron chi connectivity index (χ0n) is 11.5. The number of sulfonamides is 1. The van der Waals surface area contributed by atoms with Gasteiger partial charge in [0, 0.05) is 19.6 Å². The first-order valence-electron chi connectivity index (χ1n) is 6.51. The highest BCUT2D eigenvalue weighted by Gasteiger charge is 2.28. The van der Waals surface area contributed by atoms with Gasteiger partial charge in [-0.3, -0.25) is 0 Å². The molecular formula is C13H19N3O2S. The Morgan fingerprint density at radius 2 is 1.79 bits per heavy atom. The van der Waals surface area contributed by atoms with Crippen LogP contribution in [0.4, 0.5) is 0 Å². The summed E-state index contributed by atoms with van der Waals surface area (Å²) in [6.45, 7) is 7.07. The van der Waals surface area contributed by atoms with Crippen molar-refractivity contribution in [1.29, 1.82) is 0 Å². The molecule has 5 nitrogen and oxygen atoms in total. The van der Waals surface area contributed by atoms with Crippen LogP contribution < -0.4 is 0 Å². The van der Waals surface area contributed by atoms with Crippen LogP contribution >= 0.6 is 0 Å². The van der Waals surface area contributed by atoms with Gasteiger partial charge in [0.1, 0.15) is 0 Å². The highest BCUT2D eigenvalue weighted by atomic mass is 32.2. The molecule has 2 rings (SSSR count). The summed E-state index contributed by atoms with van der Waals surface area (Å²) in [7, 11) is -3.52. The summed E-state index contributed by atoms with van der Waals surface area (Å²) in [5.41, 5.74) is 1.57. The van der Waals surface area contributed by atoms with Gasteiger partial charge in [0.2, 0.25) is 5.16 Å². The molecule has 0 saturated heterocycles. The van der Waals surface area contributed by atoms with E-state index in [4.69, 9.17) is 0 Å². The Labute approximate surface area is 113 Å². The number of aromatic nitrogens is 2. The van der Waals surface area contributed by atoms with Crippen molar-refractivity contribution in [1.82, 2.24) is 13.9 Å². The summed E-state index contributed by atoms with van der Waals surface area (Å²) < 4.78 is 28.4. The van der Waals surface area contributed by atoms with Crippen molar-refractivity contribution in [2.24, 2.45) is 0 Å². The molecule has 19 heavy (non-hydrogen) atoms. The topological polar surface area (TPSA) is 55.2 Å². The van der Waals surface area contributed by atoms with E-state index >= 15 is 0 Å². The molecule has 6 heteroatoms. The molecule has 0 aliphatic carbocycles. The molecule has 0 fully saturated rings. The second-order valence-electron chi connectivity index (χ2n) is 4.22. The largest absolute Gasteiger partial charge is 0.314 e. The Hall–Kier alpha value is -1.40. The molecule has 1 heterocycles. The highest BCUT2D eigenvalue weighted by molar-refractivity contribution is 7.89. The smallest absolute Gasteiger partial charge is 0.277 e. The first-order chi connectivity index (χ1) is 9.06. The van der Waals surface area contributed by atoms with Gasteiger partial charge in [0.05, 0.1) is 11.0 Å². The Kier molecular flexibility index (Phi) is 3.91. The van der Waals surface area contributed by atoms with Crippen LogP contribution in [0.25, 0.3) is 11.0 Å². The van der Waals surface area contributed by atoms with Crippen LogP contribution in [0.2, 0.25) is 0 Å². The molecule has 1 aromatic heterocycles. The number of benzene rings is 1. The molecule has 0 unspecified atom stereocenters. The number of hydrogen-bond acceptors (Lipinski definition) is 3. The fraction of sp³-hybridized carbons (Fsp3) is 0.462. The van der Waals surface area contributed by atoms with E-state index in [0.29, 0.717) is 19.6 Å². The monoisotopic (exact) mass is 281 g/mol. The second-order valence-corrected chi connectivity index (χ2v) is 6.05. The molecule has 0 bridgehead atoms. The molecule has 0 spiro atoms. The van der Waals surface area contributed by atoms with Gasteiger partial charge in [-0.15, -0.1) is 0 Å². The third-order valence-corrected chi connectivity index (χ3v) is 5.18. The van der Waals surface area contributed by atoms with Crippen molar-refractivity contribution in [3.63, 3.8) is 0 Å². The number of nitrogens with zero attached hydrogens (tertiary/aromatic N) is 3. The van der Waals surface area contributed by atoms with Gasteiger partial charge in [0.25, 0.3) is 10.0 Å². The molecule has 0 radical (unpaired) electrons. The molecule has 0 atom stereocenters. The van der Waals surface area contributed by atoms with E-state index in [9.17, 15) is 8.42 Å². The molecule has 1 aromatic carbocycles. The molecule has 0 amide bonds. The fourth-order valence-electron chi connectivity index (χ4n) is 2.23. The van der Waals surface area contributed by atoms with E-state index in [-0.39, 0.29) is 5.16 Å². The third-order valence-electron chi connectivity index (χ3n) is 3.21. The summed E-state index contributed by atoms with van der Waals surface area (Å²) in [4.78, 5) is 4.31. The molecule has 2 aromatic rings. The predicted octanol–water partition coefficient (Wildman–Crippen LogP) is 2.09. The van der Waals surface area contributed by atoms with Crippen LogP contribution in [0.1, 0.15) is 20.8 Å². The van der Waals surface area contributed by atoms with Crippen molar-refractivity contribution in [2.45, 2.75) is 32.5 Å². The minimum atomic E-state index is -3.52. The van der Waals surface area contributed by atoms with Crippen LogP contribution in [0, 0.1) is 0 Å². The lowest BCUT2D eigenvalue weighted by Crippen LogP contribution is -2.32. The molecule has 0 N–H and O–H groups in total. The SMILES string of the molecule is CCN(CC)S(=O)(=O)c1nc2ccccc2n1CC. The first-order valence-corrected chi connectivity index (χ1v) is 7.95. The van der Waals surface area contributed by atoms with Crippen molar-refractivity contribution in [3.8, 4) is 0 Å². The summed E-state index contributed by atoms with van der Waals surface area (Å²) in [6.07, 6.45) is 0. The van der Waals surface area contributed by atoms with Crippen LogP contribution in [-0.2, 0) is 16.6 Å². The van der Waals surface area contributed by atoms with E-state index in [2.05, 4.69) is 4.98 Å². The normalized spacial score (nSPS) is 12.4. The molecule has 0 saturated carbocycles. The summed E-state index contributed by atoms with van der Waals surface area (Å²) in [5, 5.41) is 0.139. The minimum absolute atomic E-state index is 0.139. The van der Waals surface area contributed by atoms with Crippen molar-refractivity contribution >= 4 is 21.1 Å². The second kappa shape index (κ2) is 5.30. The maximum atomic E-state index is 12.6. The van der Waals surface area contributed by atoms with Gasteiger partial charge in [-0.05, 0) is 19.1 Å². The number of fused-ring (bicyclic) bond motifs is 1. The Balaban J connectivity index is 2.68. The highest BCUT2D eigenvalue weighted by Crippen LogP contribution is 2.21. The zero-order chi connectivity index (χ0) is 14.0. The van der Waals surface area contributed by atoms with Gasteiger partial charge >= 0.3 is 0 Å². The van der Waals surface area contributed by atoms with E-state index in [1.807, 2.05) is 45.0 Å².